The lowest BCUT2D eigenvalue weighted by Crippen LogP contribution is -2.28. The summed E-state index contributed by atoms with van der Waals surface area (Å²) in [6, 6.07) is 5.40. The zero-order valence-electron chi connectivity index (χ0n) is 11.2. The van der Waals surface area contributed by atoms with Crippen LogP contribution < -0.4 is 10.9 Å². The Labute approximate surface area is 104 Å². The van der Waals surface area contributed by atoms with Crippen molar-refractivity contribution in [1.29, 1.82) is 0 Å². The summed E-state index contributed by atoms with van der Waals surface area (Å²) in [7, 11) is 0. The van der Waals surface area contributed by atoms with Crippen LogP contribution in [0.2, 0.25) is 0 Å². The van der Waals surface area contributed by atoms with Gasteiger partial charge in [0.1, 0.15) is 0 Å². The van der Waals surface area contributed by atoms with E-state index in [0.29, 0.717) is 0 Å². The van der Waals surface area contributed by atoms with Gasteiger partial charge in [-0.05, 0) is 38.3 Å². The molecule has 1 aromatic rings. The van der Waals surface area contributed by atoms with Crippen LogP contribution in [-0.2, 0) is 6.54 Å². The lowest BCUT2D eigenvalue weighted by atomic mass is 10.1. The van der Waals surface area contributed by atoms with Crippen molar-refractivity contribution in [2.24, 2.45) is 5.92 Å². The van der Waals surface area contributed by atoms with E-state index in [0.717, 1.165) is 31.2 Å². The Balaban J connectivity index is 2.25. The summed E-state index contributed by atoms with van der Waals surface area (Å²) in [6.45, 7) is 9.12. The van der Waals surface area contributed by atoms with Crippen molar-refractivity contribution in [3.8, 4) is 0 Å². The van der Waals surface area contributed by atoms with Crippen molar-refractivity contribution in [2.45, 2.75) is 40.2 Å². The second kappa shape index (κ2) is 7.28. The maximum absolute atomic E-state index is 11.6. The predicted octanol–water partition coefficient (Wildman–Crippen LogP) is 2.18. The molecule has 0 unspecified atom stereocenters. The Bertz CT molecular complexity index is 382. The Hall–Kier alpha value is -1.09. The molecule has 0 radical (unpaired) electrons. The summed E-state index contributed by atoms with van der Waals surface area (Å²) in [5.74, 6) is 0.774. The van der Waals surface area contributed by atoms with Crippen molar-refractivity contribution >= 4 is 0 Å². The topological polar surface area (TPSA) is 34.0 Å². The third kappa shape index (κ3) is 5.18. The van der Waals surface area contributed by atoms with E-state index in [1.54, 1.807) is 6.07 Å². The van der Waals surface area contributed by atoms with E-state index in [1.807, 2.05) is 23.6 Å². The Kier molecular flexibility index (Phi) is 5.98. The maximum atomic E-state index is 11.6. The third-order valence-electron chi connectivity index (χ3n) is 2.92. The van der Waals surface area contributed by atoms with Crippen LogP contribution in [0.25, 0.3) is 0 Å². The predicted molar refractivity (Wildman–Crippen MR) is 72.4 cm³/mol. The fraction of sp³-hybridized carbons (Fsp3) is 0.643. The molecule has 3 nitrogen and oxygen atoms in total. The monoisotopic (exact) mass is 236 g/mol. The van der Waals surface area contributed by atoms with Gasteiger partial charge in [0.15, 0.2) is 0 Å². The van der Waals surface area contributed by atoms with Gasteiger partial charge in [0.05, 0.1) is 0 Å². The first-order valence-electron chi connectivity index (χ1n) is 6.48. The van der Waals surface area contributed by atoms with Gasteiger partial charge in [0.2, 0.25) is 0 Å². The molecule has 1 heterocycles. The summed E-state index contributed by atoms with van der Waals surface area (Å²) in [5.41, 5.74) is 1.12. The molecule has 1 N–H and O–H groups in total. The lowest BCUT2D eigenvalue weighted by Gasteiger charge is -2.10. The minimum atomic E-state index is 0.0916. The van der Waals surface area contributed by atoms with Crippen molar-refractivity contribution < 1.29 is 0 Å². The molecule has 0 saturated heterocycles. The summed E-state index contributed by atoms with van der Waals surface area (Å²) in [4.78, 5) is 11.6. The van der Waals surface area contributed by atoms with Crippen LogP contribution in [0.3, 0.4) is 0 Å². The van der Waals surface area contributed by atoms with Crippen molar-refractivity contribution in [1.82, 2.24) is 9.88 Å². The van der Waals surface area contributed by atoms with Crippen molar-refractivity contribution in [3.63, 3.8) is 0 Å². The minimum Gasteiger partial charge on any atom is -0.315 e. The van der Waals surface area contributed by atoms with Gasteiger partial charge in [0.25, 0.3) is 5.56 Å². The van der Waals surface area contributed by atoms with E-state index < -0.39 is 0 Å². The largest absolute Gasteiger partial charge is 0.315 e. The Morgan fingerprint density at radius 1 is 1.29 bits per heavy atom. The molecular formula is C14H24N2O. The fourth-order valence-electron chi connectivity index (χ4n) is 1.86. The fourth-order valence-corrected chi connectivity index (χ4v) is 1.86. The number of hydrogen-bond donors (Lipinski definition) is 1. The Morgan fingerprint density at radius 2 is 2.06 bits per heavy atom. The van der Waals surface area contributed by atoms with Gasteiger partial charge in [-0.25, -0.2) is 0 Å². The van der Waals surface area contributed by atoms with Crippen LogP contribution in [0.15, 0.2) is 23.0 Å². The second-order valence-electron chi connectivity index (χ2n) is 4.94. The third-order valence-corrected chi connectivity index (χ3v) is 2.92. The SMILES string of the molecule is Cc1cccc(=O)n1CCNCCCC(C)C. The number of nitrogens with one attached hydrogen (secondary N) is 1. The molecule has 0 aliphatic heterocycles. The summed E-state index contributed by atoms with van der Waals surface area (Å²) >= 11 is 0. The normalized spacial score (nSPS) is 11.1. The lowest BCUT2D eigenvalue weighted by molar-refractivity contribution is 0.510. The zero-order valence-corrected chi connectivity index (χ0v) is 11.2. The average molecular weight is 236 g/mol. The minimum absolute atomic E-state index is 0.0916. The highest BCUT2D eigenvalue weighted by molar-refractivity contribution is 5.04. The molecule has 1 aromatic heterocycles. The van der Waals surface area contributed by atoms with E-state index in [-0.39, 0.29) is 5.56 Å². The molecule has 0 aromatic carbocycles. The van der Waals surface area contributed by atoms with E-state index in [9.17, 15) is 4.79 Å². The molecule has 0 aliphatic carbocycles. The Morgan fingerprint density at radius 3 is 2.71 bits per heavy atom. The molecule has 0 saturated carbocycles. The first-order valence-corrected chi connectivity index (χ1v) is 6.48. The standard InChI is InChI=1S/C14H24N2O/c1-12(2)6-5-9-15-10-11-16-13(3)7-4-8-14(16)17/h4,7-8,12,15H,5-6,9-11H2,1-3H3. The van der Waals surface area contributed by atoms with E-state index in [1.165, 1.54) is 12.8 Å². The number of hydrogen-bond acceptors (Lipinski definition) is 2. The quantitative estimate of drug-likeness (QED) is 0.736. The summed E-state index contributed by atoms with van der Waals surface area (Å²) in [6.07, 6.45) is 2.47. The average Bonchev–Trinajstić information content (AvgIpc) is 2.26. The van der Waals surface area contributed by atoms with Gasteiger partial charge in [-0.15, -0.1) is 0 Å². The van der Waals surface area contributed by atoms with E-state index in [2.05, 4.69) is 19.2 Å². The van der Waals surface area contributed by atoms with Crippen molar-refractivity contribution in [3.05, 3.63) is 34.2 Å². The molecule has 0 aliphatic rings. The molecule has 0 atom stereocenters. The van der Waals surface area contributed by atoms with Crippen LogP contribution in [0.5, 0.6) is 0 Å². The number of pyridine rings is 1. The molecule has 3 heteroatoms. The number of aryl methyl sites for hydroxylation is 1. The van der Waals surface area contributed by atoms with Gasteiger partial charge in [-0.1, -0.05) is 19.9 Å². The number of aromatic nitrogens is 1. The van der Waals surface area contributed by atoms with Crippen LogP contribution in [0, 0.1) is 12.8 Å². The van der Waals surface area contributed by atoms with Crippen molar-refractivity contribution in [2.75, 3.05) is 13.1 Å². The number of rotatable bonds is 7. The highest BCUT2D eigenvalue weighted by Gasteiger charge is 1.98. The molecule has 1 rings (SSSR count). The van der Waals surface area contributed by atoms with E-state index >= 15 is 0 Å². The maximum Gasteiger partial charge on any atom is 0.250 e. The van der Waals surface area contributed by atoms with Crippen LogP contribution in [0.4, 0.5) is 0 Å². The van der Waals surface area contributed by atoms with Crippen LogP contribution in [0.1, 0.15) is 32.4 Å². The highest BCUT2D eigenvalue weighted by Crippen LogP contribution is 2.01. The molecule has 17 heavy (non-hydrogen) atoms. The second-order valence-corrected chi connectivity index (χ2v) is 4.94. The summed E-state index contributed by atoms with van der Waals surface area (Å²) < 4.78 is 1.81. The van der Waals surface area contributed by atoms with Gasteiger partial charge >= 0.3 is 0 Å². The van der Waals surface area contributed by atoms with Crippen LogP contribution in [-0.4, -0.2) is 17.7 Å². The molecule has 0 bridgehead atoms. The summed E-state index contributed by atoms with van der Waals surface area (Å²) in [5, 5.41) is 3.38. The molecule has 0 fully saturated rings. The van der Waals surface area contributed by atoms with E-state index in [4.69, 9.17) is 0 Å². The zero-order chi connectivity index (χ0) is 12.7. The highest BCUT2D eigenvalue weighted by atomic mass is 16.1. The molecular weight excluding hydrogens is 212 g/mol. The van der Waals surface area contributed by atoms with Crippen LogP contribution >= 0.6 is 0 Å². The smallest absolute Gasteiger partial charge is 0.250 e. The molecule has 96 valence electrons. The molecule has 0 spiro atoms. The first kappa shape index (κ1) is 14.0. The van der Waals surface area contributed by atoms with Gasteiger partial charge < -0.3 is 9.88 Å². The first-order chi connectivity index (χ1) is 8.11. The molecule has 0 amide bonds. The van der Waals surface area contributed by atoms with Gasteiger partial charge in [-0.2, -0.15) is 0 Å². The number of nitrogens with zero attached hydrogens (tertiary/aromatic N) is 1. The van der Waals surface area contributed by atoms with Gasteiger partial charge in [0, 0.05) is 24.8 Å². The van der Waals surface area contributed by atoms with Gasteiger partial charge in [-0.3, -0.25) is 4.79 Å².